The fourth-order valence-electron chi connectivity index (χ4n) is 0.494. The van der Waals surface area contributed by atoms with E-state index in [-0.39, 0.29) is 0 Å². The van der Waals surface area contributed by atoms with Crippen molar-refractivity contribution >= 4 is 45.7 Å². The highest BCUT2D eigenvalue weighted by Crippen LogP contribution is 2.26. The van der Waals surface area contributed by atoms with Crippen LogP contribution in [0.1, 0.15) is 0 Å². The molecule has 1 aromatic rings. The van der Waals surface area contributed by atoms with Crippen molar-refractivity contribution in [3.8, 4) is 0 Å². The molecule has 1 heterocycles. The third kappa shape index (κ3) is 1.27. The van der Waals surface area contributed by atoms with Crippen LogP contribution in [0.15, 0.2) is 6.20 Å². The fraction of sp³-hybridized carbons (Fsp3) is 0. The molecule has 1 rings (SSSR count). The second kappa shape index (κ2) is 2.79. The second-order valence-electron chi connectivity index (χ2n) is 1.72. The maximum absolute atomic E-state index is 5.68. The summed E-state index contributed by atoms with van der Waals surface area (Å²) < 4.78 is 0.756. The molecule has 0 spiro atoms. The van der Waals surface area contributed by atoms with Gasteiger partial charge in [0.1, 0.15) is 5.82 Å². The van der Waals surface area contributed by atoms with Crippen LogP contribution in [0.3, 0.4) is 0 Å². The highest BCUT2D eigenvalue weighted by Gasteiger charge is 2.04. The van der Waals surface area contributed by atoms with Crippen molar-refractivity contribution < 1.29 is 0 Å². The van der Waals surface area contributed by atoms with E-state index >= 15 is 0 Å². The lowest BCUT2D eigenvalue weighted by atomic mass is 10.4. The van der Waals surface area contributed by atoms with Crippen LogP contribution in [-0.2, 0) is 0 Å². The van der Waals surface area contributed by atoms with Crippen molar-refractivity contribution in [1.29, 1.82) is 0 Å². The lowest BCUT2D eigenvalue weighted by Crippen LogP contribution is -1.99. The predicted molar refractivity (Wildman–Crippen MR) is 50.8 cm³/mol. The van der Waals surface area contributed by atoms with E-state index in [2.05, 4.69) is 4.98 Å². The minimum absolute atomic E-state index is 0.328. The first-order valence-electron chi connectivity index (χ1n) is 2.48. The van der Waals surface area contributed by atoms with Gasteiger partial charge in [-0.15, -0.1) is 0 Å². The number of halogens is 2. The van der Waals surface area contributed by atoms with Crippen molar-refractivity contribution in [2.45, 2.75) is 0 Å². The Morgan fingerprint density at radius 3 is 2.60 bits per heavy atom. The minimum Gasteiger partial charge on any atom is -0.395 e. The summed E-state index contributed by atoms with van der Waals surface area (Å²) in [5.41, 5.74) is 11.3. The molecule has 0 saturated heterocycles. The molecule has 0 atom stereocenters. The largest absolute Gasteiger partial charge is 0.395 e. The summed E-state index contributed by atoms with van der Waals surface area (Å²) in [5.74, 6) is 0.328. The monoisotopic (exact) mass is 269 g/mol. The van der Waals surface area contributed by atoms with Crippen LogP contribution in [-0.4, -0.2) is 4.98 Å². The molecule has 4 N–H and O–H groups in total. The van der Waals surface area contributed by atoms with Gasteiger partial charge in [0.25, 0.3) is 0 Å². The molecule has 10 heavy (non-hydrogen) atoms. The number of aromatic nitrogens is 1. The number of hydrogen-bond acceptors (Lipinski definition) is 3. The molecule has 0 bridgehead atoms. The Morgan fingerprint density at radius 1 is 1.50 bits per heavy atom. The Morgan fingerprint density at radius 2 is 2.10 bits per heavy atom. The van der Waals surface area contributed by atoms with Gasteiger partial charge in [0.15, 0.2) is 0 Å². The Labute approximate surface area is 76.9 Å². The molecule has 0 amide bonds. The van der Waals surface area contributed by atoms with Crippen molar-refractivity contribution in [3.63, 3.8) is 0 Å². The molecular formula is C5H5ClIN3. The SMILES string of the molecule is Nc1ncc(Cl)c(I)c1N. The average Bonchev–Trinajstić information content (AvgIpc) is 1.93. The molecule has 3 nitrogen and oxygen atoms in total. The van der Waals surface area contributed by atoms with E-state index in [1.165, 1.54) is 6.20 Å². The van der Waals surface area contributed by atoms with Crippen LogP contribution in [0.5, 0.6) is 0 Å². The molecule has 0 aliphatic rings. The molecular weight excluding hydrogens is 264 g/mol. The standard InChI is InChI=1S/C5H5ClIN3/c6-2-1-10-5(9)4(8)3(2)7/h1H,8H2,(H2,9,10). The van der Waals surface area contributed by atoms with Crippen molar-refractivity contribution in [3.05, 3.63) is 14.8 Å². The molecule has 0 saturated carbocycles. The van der Waals surface area contributed by atoms with Crippen molar-refractivity contribution in [1.82, 2.24) is 4.98 Å². The van der Waals surface area contributed by atoms with Gasteiger partial charge in [0.05, 0.1) is 14.3 Å². The molecule has 0 fully saturated rings. The molecule has 0 unspecified atom stereocenters. The minimum atomic E-state index is 0.328. The zero-order valence-corrected chi connectivity index (χ0v) is 7.85. The quantitative estimate of drug-likeness (QED) is 0.702. The van der Waals surface area contributed by atoms with Gasteiger partial charge in [0.2, 0.25) is 0 Å². The average molecular weight is 269 g/mol. The van der Waals surface area contributed by atoms with E-state index in [1.807, 2.05) is 22.6 Å². The maximum Gasteiger partial charge on any atom is 0.147 e. The number of pyridine rings is 1. The van der Waals surface area contributed by atoms with E-state index in [0.29, 0.717) is 16.5 Å². The summed E-state index contributed by atoms with van der Waals surface area (Å²) in [7, 11) is 0. The number of anilines is 2. The van der Waals surface area contributed by atoms with E-state index in [9.17, 15) is 0 Å². The number of nitrogens with two attached hydrogens (primary N) is 2. The van der Waals surface area contributed by atoms with Crippen LogP contribution >= 0.6 is 34.2 Å². The molecule has 54 valence electrons. The van der Waals surface area contributed by atoms with Crippen LogP contribution < -0.4 is 11.5 Å². The third-order valence-electron chi connectivity index (χ3n) is 1.04. The van der Waals surface area contributed by atoms with Crippen molar-refractivity contribution in [2.75, 3.05) is 11.5 Å². The van der Waals surface area contributed by atoms with E-state index in [4.69, 9.17) is 23.1 Å². The summed E-state index contributed by atoms with van der Waals surface area (Å²) >= 11 is 7.70. The molecule has 0 aromatic carbocycles. The topological polar surface area (TPSA) is 64.9 Å². The van der Waals surface area contributed by atoms with Gasteiger partial charge < -0.3 is 11.5 Å². The first kappa shape index (κ1) is 7.87. The Hall–Kier alpha value is -0.230. The molecule has 0 aliphatic heterocycles. The smallest absolute Gasteiger partial charge is 0.147 e. The first-order chi connectivity index (χ1) is 4.63. The molecule has 5 heteroatoms. The lowest BCUT2D eigenvalue weighted by molar-refractivity contribution is 1.33. The summed E-state index contributed by atoms with van der Waals surface area (Å²) in [6.45, 7) is 0. The number of nitrogens with zero attached hydrogens (tertiary/aromatic N) is 1. The van der Waals surface area contributed by atoms with Gasteiger partial charge in [-0.1, -0.05) is 11.6 Å². The van der Waals surface area contributed by atoms with E-state index in [0.717, 1.165) is 3.57 Å². The lowest BCUT2D eigenvalue weighted by Gasteiger charge is -2.01. The number of hydrogen-bond donors (Lipinski definition) is 2. The first-order valence-corrected chi connectivity index (χ1v) is 3.93. The van der Waals surface area contributed by atoms with E-state index < -0.39 is 0 Å². The van der Waals surface area contributed by atoms with E-state index in [1.54, 1.807) is 0 Å². The highest BCUT2D eigenvalue weighted by atomic mass is 127. The molecule has 0 radical (unpaired) electrons. The third-order valence-corrected chi connectivity index (χ3v) is 2.81. The molecule has 0 aliphatic carbocycles. The Bertz CT molecular complexity index is 236. The summed E-state index contributed by atoms with van der Waals surface area (Å²) in [6.07, 6.45) is 1.48. The Kier molecular flexibility index (Phi) is 2.20. The van der Waals surface area contributed by atoms with Gasteiger partial charge in [-0.25, -0.2) is 4.98 Å². The van der Waals surface area contributed by atoms with Gasteiger partial charge in [-0.2, -0.15) is 0 Å². The number of nitrogen functional groups attached to an aromatic ring is 2. The summed E-state index contributed by atoms with van der Waals surface area (Å²) in [5, 5.41) is 0.535. The van der Waals surface area contributed by atoms with Gasteiger partial charge in [-0.05, 0) is 22.6 Å². The molecule has 1 aromatic heterocycles. The van der Waals surface area contributed by atoms with Crippen LogP contribution in [0, 0.1) is 3.57 Å². The number of rotatable bonds is 0. The summed E-state index contributed by atoms with van der Waals surface area (Å²) in [6, 6.07) is 0. The zero-order valence-electron chi connectivity index (χ0n) is 4.94. The van der Waals surface area contributed by atoms with Gasteiger partial charge in [-0.3, -0.25) is 0 Å². The van der Waals surface area contributed by atoms with Crippen LogP contribution in [0.2, 0.25) is 5.02 Å². The Balaban J connectivity index is 3.34. The van der Waals surface area contributed by atoms with Gasteiger partial charge in [0, 0.05) is 6.20 Å². The van der Waals surface area contributed by atoms with Crippen molar-refractivity contribution in [2.24, 2.45) is 0 Å². The maximum atomic E-state index is 5.68. The fourth-order valence-corrected chi connectivity index (χ4v) is 1.06. The predicted octanol–water partition coefficient (Wildman–Crippen LogP) is 1.50. The normalized spacial score (nSPS) is 9.80. The zero-order chi connectivity index (χ0) is 7.72. The highest BCUT2D eigenvalue weighted by molar-refractivity contribution is 14.1. The summed E-state index contributed by atoms with van der Waals surface area (Å²) in [4.78, 5) is 3.76. The second-order valence-corrected chi connectivity index (χ2v) is 3.20. The van der Waals surface area contributed by atoms with Crippen LogP contribution in [0.4, 0.5) is 11.5 Å². The van der Waals surface area contributed by atoms with Crippen LogP contribution in [0.25, 0.3) is 0 Å². The van der Waals surface area contributed by atoms with Gasteiger partial charge >= 0.3 is 0 Å².